The van der Waals surface area contributed by atoms with E-state index in [9.17, 15) is 9.59 Å². The van der Waals surface area contributed by atoms with Gasteiger partial charge in [0.25, 0.3) is 0 Å². The van der Waals surface area contributed by atoms with Gasteiger partial charge in [-0.15, -0.1) is 0 Å². The maximum absolute atomic E-state index is 12.9. The molecule has 0 radical (unpaired) electrons. The summed E-state index contributed by atoms with van der Waals surface area (Å²) in [6.45, 7) is 24.5. The summed E-state index contributed by atoms with van der Waals surface area (Å²) in [4.78, 5) is 28.0. The van der Waals surface area contributed by atoms with E-state index >= 15 is 0 Å². The van der Waals surface area contributed by atoms with Crippen molar-refractivity contribution in [3.05, 3.63) is 0 Å². The van der Waals surface area contributed by atoms with Gasteiger partial charge in [0.1, 0.15) is 0 Å². The summed E-state index contributed by atoms with van der Waals surface area (Å²) in [5.74, 6) is -0.120. The maximum atomic E-state index is 12.9. The van der Waals surface area contributed by atoms with Crippen LogP contribution < -0.4 is 0 Å². The predicted octanol–water partition coefficient (Wildman–Crippen LogP) is 7.36. The molecule has 1 aliphatic rings. The summed E-state index contributed by atoms with van der Waals surface area (Å²) in [6.07, 6.45) is 9.52. The second-order valence-electron chi connectivity index (χ2n) is 15.5. The van der Waals surface area contributed by atoms with Gasteiger partial charge in [0, 0.05) is 11.1 Å². The van der Waals surface area contributed by atoms with Crippen molar-refractivity contribution in [2.24, 2.45) is 22.7 Å². The first-order valence-electron chi connectivity index (χ1n) is 14.8. The quantitative estimate of drug-likeness (QED) is 0.179. The molecule has 6 nitrogen and oxygen atoms in total. The van der Waals surface area contributed by atoms with Crippen molar-refractivity contribution >= 4 is 11.9 Å². The van der Waals surface area contributed by atoms with Crippen LogP contribution in [0.5, 0.6) is 0 Å². The van der Waals surface area contributed by atoms with Crippen LogP contribution in [0.2, 0.25) is 0 Å². The van der Waals surface area contributed by atoms with Gasteiger partial charge in [0.05, 0.1) is 24.5 Å². The maximum Gasteiger partial charge on any atom is 0.309 e. The van der Waals surface area contributed by atoms with Crippen molar-refractivity contribution in [2.45, 2.75) is 158 Å². The van der Waals surface area contributed by atoms with Gasteiger partial charge in [-0.25, -0.2) is 0 Å². The Kier molecular flexibility index (Phi) is 14.6. The second-order valence-corrected chi connectivity index (χ2v) is 15.5. The number of likely N-dealkylation sites (tertiary alicyclic amines) is 1. The zero-order chi connectivity index (χ0) is 28.7. The van der Waals surface area contributed by atoms with Crippen LogP contribution in [0.4, 0.5) is 0 Å². The zero-order valence-electron chi connectivity index (χ0n) is 27.1. The minimum atomic E-state index is -0.0399. The molecule has 0 bridgehead atoms. The number of hydrogen-bond donors (Lipinski definition) is 0. The molecule has 1 unspecified atom stereocenters. The minimum absolute atomic E-state index is 0. The van der Waals surface area contributed by atoms with E-state index in [0.29, 0.717) is 6.61 Å². The number of unbranched alkanes of at least 4 members (excludes halogenated alkanes) is 4. The predicted molar refractivity (Wildman–Crippen MR) is 158 cm³/mol. The molecule has 1 atom stereocenters. The Labute approximate surface area is 235 Å². The normalized spacial score (nSPS) is 19.1. The highest BCUT2D eigenvalue weighted by atomic mass is 16.5. The van der Waals surface area contributed by atoms with Crippen LogP contribution in [0, 0.1) is 22.7 Å². The van der Waals surface area contributed by atoms with Gasteiger partial charge in [0.2, 0.25) is 0 Å². The third kappa shape index (κ3) is 13.8. The van der Waals surface area contributed by atoms with Gasteiger partial charge in [-0.05, 0) is 97.4 Å². The molecule has 0 spiro atoms. The number of rotatable bonds is 13. The number of carbonyl (C=O) groups excluding carboxylic acids is 2. The van der Waals surface area contributed by atoms with Gasteiger partial charge >= 0.3 is 11.9 Å². The molecule has 1 heterocycles. The first kappa shape index (κ1) is 36.9. The standard InChI is InChI=1S/C32H61NO4.H2O/c1-24(37-28(35)26-22-31(8,9)33(12)32(10,11)23-26)18-16-14-13-15-17-19-36-27(34)25(20-29(2,3)4)21-30(5,6)7;/h24-26H,13-23H2,1-12H3;1H2. The molecule has 0 aromatic carbocycles. The van der Waals surface area contributed by atoms with E-state index < -0.39 is 0 Å². The van der Waals surface area contributed by atoms with Gasteiger partial charge in [0.15, 0.2) is 0 Å². The minimum Gasteiger partial charge on any atom is -0.465 e. The van der Waals surface area contributed by atoms with Crippen molar-refractivity contribution in [3.8, 4) is 0 Å². The Morgan fingerprint density at radius 2 is 1.29 bits per heavy atom. The van der Waals surface area contributed by atoms with Crippen molar-refractivity contribution in [3.63, 3.8) is 0 Å². The van der Waals surface area contributed by atoms with Gasteiger partial charge in [-0.3, -0.25) is 14.5 Å². The van der Waals surface area contributed by atoms with E-state index in [1.807, 2.05) is 6.92 Å². The monoisotopic (exact) mass is 541 g/mol. The Morgan fingerprint density at radius 1 is 0.842 bits per heavy atom. The summed E-state index contributed by atoms with van der Waals surface area (Å²) in [5, 5.41) is 0. The van der Waals surface area contributed by atoms with E-state index in [4.69, 9.17) is 9.47 Å². The number of esters is 2. The molecule has 0 amide bonds. The molecule has 2 N–H and O–H groups in total. The van der Waals surface area contributed by atoms with E-state index in [0.717, 1.165) is 64.2 Å². The third-order valence-corrected chi connectivity index (χ3v) is 8.01. The van der Waals surface area contributed by atoms with Crippen molar-refractivity contribution in [2.75, 3.05) is 13.7 Å². The highest BCUT2D eigenvalue weighted by Crippen LogP contribution is 2.40. The molecule has 6 heteroatoms. The lowest BCUT2D eigenvalue weighted by molar-refractivity contribution is -0.160. The highest BCUT2D eigenvalue weighted by molar-refractivity contribution is 5.73. The van der Waals surface area contributed by atoms with Crippen molar-refractivity contribution in [1.82, 2.24) is 4.90 Å². The molecule has 1 saturated heterocycles. The molecular formula is C32H63NO5. The summed E-state index contributed by atoms with van der Waals surface area (Å²) < 4.78 is 11.5. The smallest absolute Gasteiger partial charge is 0.309 e. The first-order chi connectivity index (χ1) is 16.7. The van der Waals surface area contributed by atoms with Crippen molar-refractivity contribution < 1.29 is 24.5 Å². The van der Waals surface area contributed by atoms with E-state index in [1.165, 1.54) is 0 Å². The molecule has 1 fully saturated rings. The number of nitrogens with zero attached hydrogens (tertiary/aromatic N) is 1. The van der Waals surface area contributed by atoms with Crippen LogP contribution >= 0.6 is 0 Å². The number of piperidine rings is 1. The van der Waals surface area contributed by atoms with Crippen LogP contribution in [0.25, 0.3) is 0 Å². The molecular weight excluding hydrogens is 478 g/mol. The third-order valence-electron chi connectivity index (χ3n) is 8.01. The summed E-state index contributed by atoms with van der Waals surface area (Å²) in [5.41, 5.74) is 0.202. The molecule has 0 aromatic heterocycles. The second kappa shape index (κ2) is 15.0. The lowest BCUT2D eigenvalue weighted by Crippen LogP contribution is -2.59. The summed E-state index contributed by atoms with van der Waals surface area (Å²) in [6, 6.07) is 0. The number of hydrogen-bond acceptors (Lipinski definition) is 5. The van der Waals surface area contributed by atoms with Crippen LogP contribution in [-0.2, 0) is 19.1 Å². The summed E-state index contributed by atoms with van der Waals surface area (Å²) >= 11 is 0. The lowest BCUT2D eigenvalue weighted by atomic mass is 9.74. The number of carbonyl (C=O) groups is 2. The fourth-order valence-electron chi connectivity index (χ4n) is 5.96. The average Bonchev–Trinajstić information content (AvgIpc) is 2.70. The molecule has 1 aliphatic heterocycles. The summed E-state index contributed by atoms with van der Waals surface area (Å²) in [7, 11) is 2.16. The van der Waals surface area contributed by atoms with Crippen LogP contribution in [-0.4, -0.2) is 53.2 Å². The van der Waals surface area contributed by atoms with E-state index in [-0.39, 0.29) is 57.3 Å². The van der Waals surface area contributed by atoms with Gasteiger partial charge < -0.3 is 14.9 Å². The molecule has 38 heavy (non-hydrogen) atoms. The zero-order valence-corrected chi connectivity index (χ0v) is 27.1. The molecule has 0 saturated carbocycles. The Hall–Kier alpha value is -1.14. The van der Waals surface area contributed by atoms with E-state index in [2.05, 4.69) is 81.2 Å². The SMILES string of the molecule is CC(CCCCCCCOC(=O)C(CC(C)(C)C)CC(C)(C)C)OC(=O)C1CC(C)(C)N(C)C(C)(C)C1.O. The highest BCUT2D eigenvalue weighted by Gasteiger charge is 2.46. The molecule has 1 rings (SSSR count). The lowest BCUT2D eigenvalue weighted by Gasteiger charge is -2.53. The number of ether oxygens (including phenoxy) is 2. The first-order valence-corrected chi connectivity index (χ1v) is 14.8. The van der Waals surface area contributed by atoms with Crippen molar-refractivity contribution in [1.29, 1.82) is 0 Å². The molecule has 226 valence electrons. The van der Waals surface area contributed by atoms with Gasteiger partial charge in [-0.1, -0.05) is 60.8 Å². The Balaban J connectivity index is 0.0000137. The van der Waals surface area contributed by atoms with E-state index in [1.54, 1.807) is 0 Å². The van der Waals surface area contributed by atoms with Crippen LogP contribution in [0.1, 0.15) is 140 Å². The largest absolute Gasteiger partial charge is 0.465 e. The Morgan fingerprint density at radius 3 is 1.76 bits per heavy atom. The van der Waals surface area contributed by atoms with Crippen LogP contribution in [0.15, 0.2) is 0 Å². The molecule has 0 aromatic rings. The topological polar surface area (TPSA) is 87.3 Å². The molecule has 0 aliphatic carbocycles. The fraction of sp³-hybridized carbons (Fsp3) is 0.938. The fourth-order valence-corrected chi connectivity index (χ4v) is 5.96. The van der Waals surface area contributed by atoms with Crippen LogP contribution in [0.3, 0.4) is 0 Å². The van der Waals surface area contributed by atoms with Gasteiger partial charge in [-0.2, -0.15) is 0 Å². The average molecular weight is 542 g/mol. The Bertz CT molecular complexity index is 682.